The first-order valence-electron chi connectivity index (χ1n) is 3.58. The summed E-state index contributed by atoms with van der Waals surface area (Å²) in [5, 5.41) is 8.46. The molecule has 0 spiro atoms. The normalized spacial score (nSPS) is 10.7. The zero-order valence-electron chi connectivity index (χ0n) is 6.81. The minimum atomic E-state index is -3.07. The van der Waals surface area contributed by atoms with Gasteiger partial charge in [0.05, 0.1) is 17.2 Å². The van der Waals surface area contributed by atoms with Crippen LogP contribution in [0.2, 0.25) is 5.02 Å². The van der Waals surface area contributed by atoms with E-state index in [1.54, 1.807) is 0 Å². The number of alkyl halides is 2. The van der Waals surface area contributed by atoms with Crippen molar-refractivity contribution >= 4 is 11.6 Å². The molecule has 0 bridgehead atoms. The molecule has 1 aromatic carbocycles. The maximum Gasteiger partial charge on any atom is 0.387 e. The van der Waals surface area contributed by atoms with Gasteiger partial charge in [-0.25, -0.2) is 4.39 Å². The highest BCUT2D eigenvalue weighted by Gasteiger charge is 2.15. The molecule has 6 heteroatoms. The molecule has 1 aromatic rings. The fourth-order valence-corrected chi connectivity index (χ4v) is 1.11. The van der Waals surface area contributed by atoms with E-state index in [4.69, 9.17) is 16.7 Å². The fourth-order valence-electron chi connectivity index (χ4n) is 0.929. The predicted octanol–water partition coefficient (Wildman–Crippen LogP) is 2.57. The standard InChI is InChI=1S/C8H6ClF3O2/c9-5-1-2-6(14-8(11)12)4(3-13)7(5)10/h1-2,8,13H,3H2. The van der Waals surface area contributed by atoms with Crippen molar-refractivity contribution in [1.29, 1.82) is 0 Å². The van der Waals surface area contributed by atoms with Gasteiger partial charge in [0.25, 0.3) is 0 Å². The molecule has 0 aliphatic rings. The Bertz CT molecular complexity index is 331. The summed E-state index contributed by atoms with van der Waals surface area (Å²) in [5.74, 6) is -1.36. The van der Waals surface area contributed by atoms with Gasteiger partial charge in [0.1, 0.15) is 5.75 Å². The van der Waals surface area contributed by atoms with E-state index in [0.717, 1.165) is 12.1 Å². The van der Waals surface area contributed by atoms with Crippen LogP contribution < -0.4 is 4.74 Å². The zero-order valence-corrected chi connectivity index (χ0v) is 7.56. The molecule has 1 N–H and O–H groups in total. The lowest BCUT2D eigenvalue weighted by Crippen LogP contribution is -2.06. The molecule has 0 saturated heterocycles. The van der Waals surface area contributed by atoms with Gasteiger partial charge in [-0.1, -0.05) is 11.6 Å². The van der Waals surface area contributed by atoms with E-state index in [2.05, 4.69) is 4.74 Å². The summed E-state index contributed by atoms with van der Waals surface area (Å²) in [6.07, 6.45) is 0. The van der Waals surface area contributed by atoms with E-state index >= 15 is 0 Å². The quantitative estimate of drug-likeness (QED) is 0.858. The van der Waals surface area contributed by atoms with Gasteiger partial charge in [-0.15, -0.1) is 0 Å². The molecule has 0 saturated carbocycles. The molecule has 0 aliphatic heterocycles. The van der Waals surface area contributed by atoms with E-state index in [9.17, 15) is 13.2 Å². The Morgan fingerprint density at radius 3 is 2.57 bits per heavy atom. The number of hydrogen-bond donors (Lipinski definition) is 1. The van der Waals surface area contributed by atoms with Crippen LogP contribution in [-0.4, -0.2) is 11.7 Å². The second-order valence-electron chi connectivity index (χ2n) is 2.37. The van der Waals surface area contributed by atoms with E-state index < -0.39 is 24.8 Å². The molecule has 0 atom stereocenters. The van der Waals surface area contributed by atoms with Crippen LogP contribution >= 0.6 is 11.6 Å². The van der Waals surface area contributed by atoms with E-state index in [1.165, 1.54) is 0 Å². The minimum Gasteiger partial charge on any atom is -0.434 e. The first-order chi connectivity index (χ1) is 6.56. The average molecular weight is 227 g/mol. The third kappa shape index (κ3) is 2.30. The Morgan fingerprint density at radius 1 is 1.43 bits per heavy atom. The van der Waals surface area contributed by atoms with Gasteiger partial charge < -0.3 is 9.84 Å². The maximum atomic E-state index is 13.1. The lowest BCUT2D eigenvalue weighted by molar-refractivity contribution is -0.0511. The first kappa shape index (κ1) is 11.1. The summed E-state index contributed by atoms with van der Waals surface area (Å²) in [6, 6.07) is 2.15. The fraction of sp³-hybridized carbons (Fsp3) is 0.250. The zero-order chi connectivity index (χ0) is 10.7. The van der Waals surface area contributed by atoms with Crippen LogP contribution in [0, 0.1) is 5.82 Å². The Hall–Kier alpha value is -0.940. The number of rotatable bonds is 3. The van der Waals surface area contributed by atoms with Crippen LogP contribution in [0.4, 0.5) is 13.2 Å². The van der Waals surface area contributed by atoms with Crippen molar-refractivity contribution < 1.29 is 23.0 Å². The van der Waals surface area contributed by atoms with Gasteiger partial charge in [-0.3, -0.25) is 0 Å². The van der Waals surface area contributed by atoms with Crippen LogP contribution in [0.15, 0.2) is 12.1 Å². The van der Waals surface area contributed by atoms with Crippen LogP contribution in [0.25, 0.3) is 0 Å². The molecule has 14 heavy (non-hydrogen) atoms. The summed E-state index contributed by atoms with van der Waals surface area (Å²) in [7, 11) is 0. The number of halogens is 4. The van der Waals surface area contributed by atoms with Crippen molar-refractivity contribution in [2.24, 2.45) is 0 Å². The molecule has 1 rings (SSSR count). The summed E-state index contributed by atoms with van der Waals surface area (Å²) >= 11 is 5.37. The highest BCUT2D eigenvalue weighted by molar-refractivity contribution is 6.30. The first-order valence-corrected chi connectivity index (χ1v) is 3.96. The Labute approximate surface area is 82.9 Å². The van der Waals surface area contributed by atoms with E-state index in [-0.39, 0.29) is 10.6 Å². The molecule has 0 unspecified atom stereocenters. The molecule has 0 fully saturated rings. The van der Waals surface area contributed by atoms with Gasteiger partial charge in [0, 0.05) is 0 Å². The Balaban J connectivity index is 3.10. The number of ether oxygens (including phenoxy) is 1. The van der Waals surface area contributed by atoms with E-state index in [0.29, 0.717) is 0 Å². The lowest BCUT2D eigenvalue weighted by atomic mass is 10.2. The van der Waals surface area contributed by atoms with Gasteiger partial charge in [0.15, 0.2) is 5.82 Å². The molecule has 0 radical (unpaired) electrons. The molecule has 0 aromatic heterocycles. The highest BCUT2D eigenvalue weighted by atomic mass is 35.5. The second-order valence-corrected chi connectivity index (χ2v) is 2.78. The van der Waals surface area contributed by atoms with Crippen molar-refractivity contribution in [2.75, 3.05) is 0 Å². The van der Waals surface area contributed by atoms with Gasteiger partial charge in [-0.2, -0.15) is 8.78 Å². The van der Waals surface area contributed by atoms with E-state index in [1.807, 2.05) is 0 Å². The van der Waals surface area contributed by atoms with Crippen LogP contribution in [0.3, 0.4) is 0 Å². The third-order valence-electron chi connectivity index (χ3n) is 1.53. The highest BCUT2D eigenvalue weighted by Crippen LogP contribution is 2.28. The predicted molar refractivity (Wildman–Crippen MR) is 44.0 cm³/mol. The molecule has 2 nitrogen and oxygen atoms in total. The molecule has 0 aliphatic carbocycles. The monoisotopic (exact) mass is 226 g/mol. The Morgan fingerprint density at radius 2 is 2.07 bits per heavy atom. The number of hydrogen-bond acceptors (Lipinski definition) is 2. The minimum absolute atomic E-state index is 0.254. The average Bonchev–Trinajstić information content (AvgIpc) is 2.11. The van der Waals surface area contributed by atoms with Crippen molar-refractivity contribution in [3.05, 3.63) is 28.5 Å². The summed E-state index contributed by atoms with van der Waals surface area (Å²) in [4.78, 5) is 0. The number of benzene rings is 1. The molecule has 0 amide bonds. The largest absolute Gasteiger partial charge is 0.434 e. The molecular weight excluding hydrogens is 221 g/mol. The lowest BCUT2D eigenvalue weighted by Gasteiger charge is -2.10. The number of aliphatic hydroxyl groups excluding tert-OH is 1. The van der Waals surface area contributed by atoms with Crippen LogP contribution in [0.5, 0.6) is 5.75 Å². The smallest absolute Gasteiger partial charge is 0.387 e. The van der Waals surface area contributed by atoms with Gasteiger partial charge in [-0.05, 0) is 12.1 Å². The summed E-state index contributed by atoms with van der Waals surface area (Å²) in [6.45, 7) is -3.82. The SMILES string of the molecule is OCc1c(OC(F)F)ccc(Cl)c1F. The topological polar surface area (TPSA) is 29.5 Å². The van der Waals surface area contributed by atoms with Crippen molar-refractivity contribution in [1.82, 2.24) is 0 Å². The van der Waals surface area contributed by atoms with Crippen LogP contribution in [-0.2, 0) is 6.61 Å². The molecule has 78 valence electrons. The summed E-state index contributed by atoms with van der Waals surface area (Å²) in [5.41, 5.74) is -0.377. The molecule has 0 heterocycles. The van der Waals surface area contributed by atoms with Gasteiger partial charge >= 0.3 is 6.61 Å². The van der Waals surface area contributed by atoms with Gasteiger partial charge in [0.2, 0.25) is 0 Å². The van der Waals surface area contributed by atoms with Crippen molar-refractivity contribution in [2.45, 2.75) is 13.2 Å². The van der Waals surface area contributed by atoms with Crippen LogP contribution in [0.1, 0.15) is 5.56 Å². The Kier molecular flexibility index (Phi) is 3.60. The maximum absolute atomic E-state index is 13.1. The number of aliphatic hydroxyl groups is 1. The molecular formula is C8H6ClF3O2. The van der Waals surface area contributed by atoms with Crippen molar-refractivity contribution in [3.63, 3.8) is 0 Å². The second kappa shape index (κ2) is 4.52. The third-order valence-corrected chi connectivity index (χ3v) is 1.82. The summed E-state index contributed by atoms with van der Waals surface area (Å²) < 4.78 is 40.7. The van der Waals surface area contributed by atoms with Crippen molar-refractivity contribution in [3.8, 4) is 5.75 Å².